The summed E-state index contributed by atoms with van der Waals surface area (Å²) in [5.41, 5.74) is 4.40. The minimum atomic E-state index is -0.282. The molecule has 9 atom stereocenters. The first-order valence-electron chi connectivity index (χ1n) is 17.6. The largest absolute Gasteiger partial charge is 0.393 e. The second kappa shape index (κ2) is 16.4. The highest BCUT2D eigenvalue weighted by atomic mass is 16.3. The van der Waals surface area contributed by atoms with Crippen molar-refractivity contribution in [2.75, 3.05) is 0 Å². The van der Waals surface area contributed by atoms with Gasteiger partial charge in [0.2, 0.25) is 0 Å². The zero-order valence-electron chi connectivity index (χ0n) is 28.9. The van der Waals surface area contributed by atoms with Crippen LogP contribution in [0.1, 0.15) is 131 Å². The van der Waals surface area contributed by atoms with Gasteiger partial charge in [-0.2, -0.15) is 0 Å². The molecule has 240 valence electrons. The monoisotopic (exact) mass is 588 g/mol. The van der Waals surface area contributed by atoms with Crippen LogP contribution in [0.3, 0.4) is 0 Å². The van der Waals surface area contributed by atoms with E-state index in [1.54, 1.807) is 0 Å². The molecular weight excluding hydrogens is 524 g/mol. The molecule has 0 bridgehead atoms. The van der Waals surface area contributed by atoms with Gasteiger partial charge in [0.1, 0.15) is 0 Å². The maximum atomic E-state index is 10.5. The topological polar surface area (TPSA) is 40.5 Å². The van der Waals surface area contributed by atoms with Crippen molar-refractivity contribution < 1.29 is 10.2 Å². The van der Waals surface area contributed by atoms with E-state index in [2.05, 4.69) is 115 Å². The first-order valence-corrected chi connectivity index (χ1v) is 17.6. The molecule has 1 fully saturated rings. The number of hydrogen-bond donors (Lipinski definition) is 2. The molecule has 1 aliphatic rings. The average molecular weight is 589 g/mol. The van der Waals surface area contributed by atoms with E-state index in [-0.39, 0.29) is 17.6 Å². The molecule has 43 heavy (non-hydrogen) atoms. The number of hydrogen-bond acceptors (Lipinski definition) is 2. The third kappa shape index (κ3) is 9.30. The molecule has 3 rings (SSSR count). The summed E-state index contributed by atoms with van der Waals surface area (Å²) >= 11 is 0. The van der Waals surface area contributed by atoms with Crippen LogP contribution in [-0.4, -0.2) is 22.4 Å². The third-order valence-corrected chi connectivity index (χ3v) is 12.2. The van der Waals surface area contributed by atoms with Crippen molar-refractivity contribution in [1.82, 2.24) is 0 Å². The van der Waals surface area contributed by atoms with Crippen LogP contribution < -0.4 is 0 Å². The predicted octanol–water partition coefficient (Wildman–Crippen LogP) is 11.0. The Bertz CT molecular complexity index is 1050. The molecule has 0 radical (unpaired) electrons. The van der Waals surface area contributed by atoms with Crippen molar-refractivity contribution in [3.05, 3.63) is 77.9 Å². The van der Waals surface area contributed by atoms with E-state index in [0.717, 1.165) is 44.4 Å². The highest BCUT2D eigenvalue weighted by molar-refractivity contribution is 5.79. The van der Waals surface area contributed by atoms with Gasteiger partial charge in [-0.25, -0.2) is 0 Å². The van der Waals surface area contributed by atoms with E-state index in [0.29, 0.717) is 29.1 Å². The van der Waals surface area contributed by atoms with Crippen molar-refractivity contribution in [3.63, 3.8) is 0 Å². The quantitative estimate of drug-likeness (QED) is 0.193. The predicted molar refractivity (Wildman–Crippen MR) is 186 cm³/mol. The third-order valence-electron chi connectivity index (χ3n) is 12.2. The number of allylic oxidation sites excluding steroid dienone is 1. The van der Waals surface area contributed by atoms with Gasteiger partial charge in [0.25, 0.3) is 0 Å². The van der Waals surface area contributed by atoms with Crippen LogP contribution in [-0.2, 0) is 0 Å². The Morgan fingerprint density at radius 1 is 0.907 bits per heavy atom. The molecule has 2 N–H and O–H groups in total. The molecule has 0 spiro atoms. The Balaban J connectivity index is 1.78. The lowest BCUT2D eigenvalue weighted by atomic mass is 9.62. The van der Waals surface area contributed by atoms with Crippen molar-refractivity contribution in [1.29, 1.82) is 0 Å². The Kier molecular flexibility index (Phi) is 13.6. The molecule has 2 aromatic carbocycles. The van der Waals surface area contributed by atoms with Crippen LogP contribution in [0.25, 0.3) is 5.57 Å². The zero-order valence-corrected chi connectivity index (χ0v) is 28.9. The zero-order chi connectivity index (χ0) is 31.6. The second-order valence-corrected chi connectivity index (χ2v) is 15.0. The molecule has 0 aliphatic heterocycles. The van der Waals surface area contributed by atoms with Crippen LogP contribution in [0, 0.1) is 40.4 Å². The SMILES string of the molecule is CC[C@H](O)CC[C@@](C)(C[C@@H](CC)[C@H](C)O)C(C)CC[C@@]1(C)C(C)CC[C@@H]1[C@H](C)CC=C(c1ccccc1)c1ccccc1. The fourth-order valence-electron chi connectivity index (χ4n) is 8.31. The van der Waals surface area contributed by atoms with E-state index < -0.39 is 0 Å². The number of rotatable bonds is 17. The van der Waals surface area contributed by atoms with Gasteiger partial charge in [-0.05, 0) is 122 Å². The Morgan fingerprint density at radius 2 is 1.49 bits per heavy atom. The molecule has 2 nitrogen and oxygen atoms in total. The van der Waals surface area contributed by atoms with Gasteiger partial charge in [-0.3, -0.25) is 0 Å². The van der Waals surface area contributed by atoms with E-state index in [1.165, 1.54) is 42.4 Å². The Morgan fingerprint density at radius 3 is 2.00 bits per heavy atom. The summed E-state index contributed by atoms with van der Waals surface area (Å²) in [6.45, 7) is 18.8. The standard InChI is InChI=1S/C41H64O2/c1-9-34(33(6)42)29-40(7,27-26-37(43)10-2)31(4)25-28-41(8)32(5)22-24-39(41)30(3)21-23-38(35-17-13-11-14-18-35)36-19-15-12-16-20-36/h11-20,23,30-34,37,39,42-43H,9-10,21-22,24-29H2,1-8H3/t30-,31?,32?,33+,34-,37+,39-,40+,41+/m1/s1. The first-order chi connectivity index (χ1) is 20.4. The van der Waals surface area contributed by atoms with Gasteiger partial charge in [0, 0.05) is 0 Å². The molecule has 1 saturated carbocycles. The van der Waals surface area contributed by atoms with Gasteiger partial charge in [0.15, 0.2) is 0 Å². The molecule has 0 amide bonds. The Labute approximate surface area is 265 Å². The van der Waals surface area contributed by atoms with Gasteiger partial charge in [-0.1, -0.05) is 122 Å². The molecule has 0 aromatic heterocycles. The average Bonchev–Trinajstić information content (AvgIpc) is 3.31. The van der Waals surface area contributed by atoms with Gasteiger partial charge < -0.3 is 10.2 Å². The van der Waals surface area contributed by atoms with Gasteiger partial charge >= 0.3 is 0 Å². The van der Waals surface area contributed by atoms with Crippen LogP contribution in [0.15, 0.2) is 66.7 Å². The molecule has 1 aliphatic carbocycles. The summed E-state index contributed by atoms with van der Waals surface area (Å²) in [5.74, 6) is 2.93. The van der Waals surface area contributed by atoms with Crippen LogP contribution >= 0.6 is 0 Å². The first kappa shape index (κ1) is 35.6. The smallest absolute Gasteiger partial charge is 0.0540 e. The summed E-state index contributed by atoms with van der Waals surface area (Å²) in [7, 11) is 0. The van der Waals surface area contributed by atoms with E-state index in [4.69, 9.17) is 0 Å². The van der Waals surface area contributed by atoms with Crippen molar-refractivity contribution >= 4 is 5.57 Å². The van der Waals surface area contributed by atoms with Crippen LogP contribution in [0.2, 0.25) is 0 Å². The molecule has 2 unspecified atom stereocenters. The van der Waals surface area contributed by atoms with Gasteiger partial charge in [0.05, 0.1) is 12.2 Å². The maximum absolute atomic E-state index is 10.5. The number of benzene rings is 2. The highest BCUT2D eigenvalue weighted by Gasteiger charge is 2.46. The number of aliphatic hydroxyl groups excluding tert-OH is 2. The lowest BCUT2D eigenvalue weighted by molar-refractivity contribution is 0.0309. The highest BCUT2D eigenvalue weighted by Crippen LogP contribution is 2.55. The van der Waals surface area contributed by atoms with Crippen LogP contribution in [0.5, 0.6) is 0 Å². The summed E-state index contributed by atoms with van der Waals surface area (Å²) in [6, 6.07) is 21.7. The lowest BCUT2D eigenvalue weighted by Crippen LogP contribution is -2.36. The summed E-state index contributed by atoms with van der Waals surface area (Å²) < 4.78 is 0. The van der Waals surface area contributed by atoms with Crippen molar-refractivity contribution in [2.24, 2.45) is 40.4 Å². The fraction of sp³-hybridized carbons (Fsp3) is 0.659. The minimum absolute atomic E-state index is 0.121. The second-order valence-electron chi connectivity index (χ2n) is 15.0. The maximum Gasteiger partial charge on any atom is 0.0540 e. The van der Waals surface area contributed by atoms with Gasteiger partial charge in [-0.15, -0.1) is 0 Å². The fourth-order valence-corrected chi connectivity index (χ4v) is 8.31. The minimum Gasteiger partial charge on any atom is -0.393 e. The van der Waals surface area contributed by atoms with Crippen molar-refractivity contribution in [2.45, 2.75) is 132 Å². The Hall–Kier alpha value is -1.90. The summed E-state index contributed by atoms with van der Waals surface area (Å²) in [4.78, 5) is 0. The number of aliphatic hydroxyl groups is 2. The molecule has 2 aromatic rings. The molecular formula is C41H64O2. The molecule has 2 heteroatoms. The normalized spacial score (nSPS) is 25.3. The molecule has 0 saturated heterocycles. The van der Waals surface area contributed by atoms with E-state index in [1.807, 2.05) is 6.92 Å². The summed E-state index contributed by atoms with van der Waals surface area (Å²) in [6.07, 6.45) is 13.0. The molecule has 0 heterocycles. The lowest BCUT2D eigenvalue weighted by Gasteiger charge is -2.44. The van der Waals surface area contributed by atoms with E-state index in [9.17, 15) is 10.2 Å². The van der Waals surface area contributed by atoms with Crippen molar-refractivity contribution in [3.8, 4) is 0 Å². The van der Waals surface area contributed by atoms with Crippen LogP contribution in [0.4, 0.5) is 0 Å². The summed E-state index contributed by atoms with van der Waals surface area (Å²) in [5, 5.41) is 21.0. The van der Waals surface area contributed by atoms with E-state index >= 15 is 0 Å².